The first-order chi connectivity index (χ1) is 9.31. The lowest BCUT2D eigenvalue weighted by Gasteiger charge is -2.13. The van der Waals surface area contributed by atoms with Crippen molar-refractivity contribution in [3.63, 3.8) is 0 Å². The van der Waals surface area contributed by atoms with Crippen molar-refractivity contribution < 1.29 is 24.6 Å². The molecule has 3 N–H and O–H groups in total. The Labute approximate surface area is 116 Å². The number of hydrogen-bond acceptors (Lipinski definition) is 3. The lowest BCUT2D eigenvalue weighted by molar-refractivity contribution is -0.145. The third-order valence-corrected chi connectivity index (χ3v) is 2.82. The van der Waals surface area contributed by atoms with Crippen LogP contribution in [0.5, 0.6) is 0 Å². The molecular weight excluding hydrogens is 262 g/mol. The molecule has 1 aromatic rings. The van der Waals surface area contributed by atoms with Crippen LogP contribution in [0.4, 0.5) is 0 Å². The van der Waals surface area contributed by atoms with Gasteiger partial charge in [-0.05, 0) is 23.6 Å². The van der Waals surface area contributed by atoms with Gasteiger partial charge in [-0.3, -0.25) is 9.59 Å². The molecule has 0 heterocycles. The van der Waals surface area contributed by atoms with Crippen LogP contribution in [-0.2, 0) is 9.59 Å². The predicted molar refractivity (Wildman–Crippen MR) is 71.7 cm³/mol. The molecule has 1 atom stereocenters. The van der Waals surface area contributed by atoms with Crippen LogP contribution < -0.4 is 5.32 Å². The number of hydrogen-bond donors (Lipinski definition) is 3. The fourth-order valence-electron chi connectivity index (χ4n) is 1.64. The summed E-state index contributed by atoms with van der Waals surface area (Å²) in [4.78, 5) is 33.3. The topological polar surface area (TPSA) is 104 Å². The highest BCUT2D eigenvalue weighted by Gasteiger charge is 2.23. The van der Waals surface area contributed by atoms with E-state index in [1.807, 2.05) is 13.8 Å². The molecule has 6 heteroatoms. The molecule has 0 bridgehead atoms. The van der Waals surface area contributed by atoms with Crippen molar-refractivity contribution in [2.24, 2.45) is 0 Å². The van der Waals surface area contributed by atoms with E-state index in [2.05, 4.69) is 5.32 Å². The molecule has 0 radical (unpaired) electrons. The SMILES string of the molecule is CC(C)c1ccc(C(=O)N[C@@H](CC(=O)O)C(=O)O)cc1. The van der Waals surface area contributed by atoms with Crippen LogP contribution in [0.1, 0.15) is 42.1 Å². The number of carboxylic acids is 2. The molecule has 1 amide bonds. The molecule has 0 unspecified atom stereocenters. The van der Waals surface area contributed by atoms with Gasteiger partial charge in [-0.25, -0.2) is 4.79 Å². The minimum atomic E-state index is -1.44. The standard InChI is InChI=1S/C14H17NO5/c1-8(2)9-3-5-10(6-4-9)13(18)15-11(14(19)20)7-12(16)17/h3-6,8,11H,7H2,1-2H3,(H,15,18)(H,16,17)(H,19,20)/t11-/m0/s1. The highest BCUT2D eigenvalue weighted by molar-refractivity contribution is 5.97. The number of nitrogens with one attached hydrogen (secondary N) is 1. The fraction of sp³-hybridized carbons (Fsp3) is 0.357. The van der Waals surface area contributed by atoms with Gasteiger partial charge in [0.25, 0.3) is 5.91 Å². The average molecular weight is 279 g/mol. The molecule has 0 aliphatic rings. The maximum Gasteiger partial charge on any atom is 0.326 e. The van der Waals surface area contributed by atoms with E-state index in [1.165, 1.54) is 0 Å². The fourth-order valence-corrected chi connectivity index (χ4v) is 1.64. The average Bonchev–Trinajstić information content (AvgIpc) is 2.37. The molecular formula is C14H17NO5. The Bertz CT molecular complexity index is 507. The van der Waals surface area contributed by atoms with Gasteiger partial charge in [-0.1, -0.05) is 26.0 Å². The summed E-state index contributed by atoms with van der Waals surface area (Å²) >= 11 is 0. The minimum absolute atomic E-state index is 0.297. The number of rotatable bonds is 6. The van der Waals surface area contributed by atoms with Crippen LogP contribution in [0, 0.1) is 0 Å². The van der Waals surface area contributed by atoms with Crippen LogP contribution >= 0.6 is 0 Å². The van der Waals surface area contributed by atoms with Crippen molar-refractivity contribution in [1.82, 2.24) is 5.32 Å². The minimum Gasteiger partial charge on any atom is -0.481 e. The van der Waals surface area contributed by atoms with E-state index < -0.39 is 30.3 Å². The summed E-state index contributed by atoms with van der Waals surface area (Å²) in [6, 6.07) is 5.30. The molecule has 0 saturated heterocycles. The van der Waals surface area contributed by atoms with Crippen LogP contribution in [-0.4, -0.2) is 34.1 Å². The Morgan fingerprint density at radius 1 is 1.10 bits per heavy atom. The third kappa shape index (κ3) is 4.38. The largest absolute Gasteiger partial charge is 0.481 e. The summed E-state index contributed by atoms with van der Waals surface area (Å²) in [6.45, 7) is 4.03. The molecule has 20 heavy (non-hydrogen) atoms. The lowest BCUT2D eigenvalue weighted by Crippen LogP contribution is -2.42. The van der Waals surface area contributed by atoms with Gasteiger partial charge in [-0.15, -0.1) is 0 Å². The third-order valence-electron chi connectivity index (χ3n) is 2.82. The number of amides is 1. The maximum absolute atomic E-state index is 11.9. The summed E-state index contributed by atoms with van der Waals surface area (Å²) in [6.07, 6.45) is -0.662. The Morgan fingerprint density at radius 3 is 2.05 bits per heavy atom. The van der Waals surface area contributed by atoms with E-state index in [9.17, 15) is 14.4 Å². The van der Waals surface area contributed by atoms with Crippen LogP contribution in [0.3, 0.4) is 0 Å². The van der Waals surface area contributed by atoms with Gasteiger partial charge in [0.15, 0.2) is 0 Å². The molecule has 0 aromatic heterocycles. The van der Waals surface area contributed by atoms with Gasteiger partial charge in [0.1, 0.15) is 6.04 Å². The van der Waals surface area contributed by atoms with Crippen LogP contribution in [0.25, 0.3) is 0 Å². The van der Waals surface area contributed by atoms with Crippen LogP contribution in [0.2, 0.25) is 0 Å². The van der Waals surface area contributed by atoms with Crippen molar-refractivity contribution in [2.45, 2.75) is 32.2 Å². The lowest BCUT2D eigenvalue weighted by atomic mass is 10.0. The van der Waals surface area contributed by atoms with E-state index in [0.29, 0.717) is 11.5 Å². The smallest absolute Gasteiger partial charge is 0.326 e. The van der Waals surface area contributed by atoms with Gasteiger partial charge < -0.3 is 15.5 Å². The molecule has 0 spiro atoms. The van der Waals surface area contributed by atoms with E-state index in [0.717, 1.165) is 5.56 Å². The summed E-state index contributed by atoms with van der Waals surface area (Å²) in [5.41, 5.74) is 1.35. The monoisotopic (exact) mass is 279 g/mol. The Morgan fingerprint density at radius 2 is 1.65 bits per heavy atom. The number of carboxylic acid groups (broad SMARTS) is 2. The molecule has 1 rings (SSSR count). The van der Waals surface area contributed by atoms with Crippen molar-refractivity contribution in [2.75, 3.05) is 0 Å². The van der Waals surface area contributed by atoms with Gasteiger partial charge in [-0.2, -0.15) is 0 Å². The van der Waals surface area contributed by atoms with E-state index in [4.69, 9.17) is 10.2 Å². The number of benzene rings is 1. The second-order valence-electron chi connectivity index (χ2n) is 4.74. The summed E-state index contributed by atoms with van der Waals surface area (Å²) < 4.78 is 0. The molecule has 0 aliphatic heterocycles. The first kappa shape index (κ1) is 15.7. The Balaban J connectivity index is 2.78. The first-order valence-corrected chi connectivity index (χ1v) is 6.16. The zero-order chi connectivity index (χ0) is 15.3. The van der Waals surface area contributed by atoms with Crippen molar-refractivity contribution in [1.29, 1.82) is 0 Å². The number of carbonyl (C=O) groups excluding carboxylic acids is 1. The predicted octanol–water partition coefficient (Wildman–Crippen LogP) is 1.47. The van der Waals surface area contributed by atoms with E-state index in [-0.39, 0.29) is 0 Å². The van der Waals surface area contributed by atoms with Crippen LogP contribution in [0.15, 0.2) is 24.3 Å². The van der Waals surface area contributed by atoms with Crippen molar-refractivity contribution >= 4 is 17.8 Å². The number of carbonyl (C=O) groups is 3. The molecule has 6 nitrogen and oxygen atoms in total. The van der Waals surface area contributed by atoms with Gasteiger partial charge in [0.05, 0.1) is 6.42 Å². The zero-order valence-electron chi connectivity index (χ0n) is 11.3. The van der Waals surface area contributed by atoms with Gasteiger partial charge >= 0.3 is 11.9 Å². The molecule has 0 aliphatic carbocycles. The van der Waals surface area contributed by atoms with Crippen molar-refractivity contribution in [3.05, 3.63) is 35.4 Å². The maximum atomic E-state index is 11.9. The molecule has 1 aromatic carbocycles. The van der Waals surface area contributed by atoms with Gasteiger partial charge in [0, 0.05) is 5.56 Å². The second kappa shape index (κ2) is 6.70. The van der Waals surface area contributed by atoms with E-state index >= 15 is 0 Å². The molecule has 108 valence electrons. The van der Waals surface area contributed by atoms with E-state index in [1.54, 1.807) is 24.3 Å². The quantitative estimate of drug-likeness (QED) is 0.731. The van der Waals surface area contributed by atoms with Crippen molar-refractivity contribution in [3.8, 4) is 0 Å². The Kier molecular flexibility index (Phi) is 5.25. The number of aliphatic carboxylic acids is 2. The Hall–Kier alpha value is -2.37. The van der Waals surface area contributed by atoms with Gasteiger partial charge in [0.2, 0.25) is 0 Å². The highest BCUT2D eigenvalue weighted by Crippen LogP contribution is 2.14. The zero-order valence-corrected chi connectivity index (χ0v) is 11.3. The normalized spacial score (nSPS) is 11.9. The highest BCUT2D eigenvalue weighted by atomic mass is 16.4. The summed E-state index contributed by atoms with van der Waals surface area (Å²) in [5, 5.41) is 19.6. The first-order valence-electron chi connectivity index (χ1n) is 6.16. The summed E-state index contributed by atoms with van der Waals surface area (Å²) in [7, 11) is 0. The summed E-state index contributed by atoms with van der Waals surface area (Å²) in [5.74, 6) is -2.94. The molecule has 0 fully saturated rings. The molecule has 0 saturated carbocycles. The second-order valence-corrected chi connectivity index (χ2v) is 4.74.